The van der Waals surface area contributed by atoms with E-state index in [0.717, 1.165) is 34.2 Å². The minimum atomic E-state index is -0.873. The first-order chi connectivity index (χ1) is 15.5. The molecule has 0 bridgehead atoms. The number of aromatic nitrogens is 2. The van der Waals surface area contributed by atoms with Crippen molar-refractivity contribution < 1.29 is 14.6 Å². The van der Waals surface area contributed by atoms with E-state index < -0.39 is 11.1 Å². The highest BCUT2D eigenvalue weighted by Gasteiger charge is 2.47. The summed E-state index contributed by atoms with van der Waals surface area (Å²) in [5.41, 5.74) is 8.58. The number of nitrogens with zero attached hydrogens (tertiary/aromatic N) is 3. The molecule has 1 spiro atoms. The van der Waals surface area contributed by atoms with Gasteiger partial charge in [-0.15, -0.1) is 0 Å². The van der Waals surface area contributed by atoms with Crippen molar-refractivity contribution in [3.8, 4) is 34.5 Å². The van der Waals surface area contributed by atoms with Crippen LogP contribution in [0.1, 0.15) is 36.0 Å². The van der Waals surface area contributed by atoms with Crippen LogP contribution in [0.3, 0.4) is 0 Å². The van der Waals surface area contributed by atoms with E-state index in [4.69, 9.17) is 20.2 Å². The number of hydrogen-bond donors (Lipinski definition) is 2. The number of rotatable bonds is 1. The van der Waals surface area contributed by atoms with Gasteiger partial charge in [0.1, 0.15) is 30.0 Å². The Morgan fingerprint density at radius 2 is 1.72 bits per heavy atom. The highest BCUT2D eigenvalue weighted by molar-refractivity contribution is 5.78. The average Bonchev–Trinajstić information content (AvgIpc) is 3.19. The van der Waals surface area contributed by atoms with Crippen molar-refractivity contribution in [2.24, 2.45) is 10.7 Å². The molecule has 1 aliphatic carbocycles. The molecule has 6 rings (SSSR count). The number of aliphatic imine (C=N–C) groups is 1. The van der Waals surface area contributed by atoms with E-state index in [1.54, 1.807) is 12.4 Å². The zero-order chi connectivity index (χ0) is 21.8. The molecule has 3 aliphatic rings. The molecule has 32 heavy (non-hydrogen) atoms. The highest BCUT2D eigenvalue weighted by atomic mass is 16.5. The monoisotopic (exact) mass is 424 g/mol. The van der Waals surface area contributed by atoms with Gasteiger partial charge in [-0.25, -0.2) is 15.0 Å². The van der Waals surface area contributed by atoms with Gasteiger partial charge in [-0.2, -0.15) is 0 Å². The second kappa shape index (κ2) is 6.81. The van der Waals surface area contributed by atoms with Gasteiger partial charge in [-0.05, 0) is 55.2 Å². The number of benzene rings is 2. The van der Waals surface area contributed by atoms with E-state index in [1.165, 1.54) is 6.33 Å². The molecule has 7 heteroatoms. The molecule has 1 saturated carbocycles. The topological polar surface area (TPSA) is 103 Å². The van der Waals surface area contributed by atoms with E-state index in [2.05, 4.69) is 21.8 Å². The molecule has 158 valence electrons. The lowest BCUT2D eigenvalue weighted by Gasteiger charge is -2.34. The Morgan fingerprint density at radius 3 is 2.41 bits per heavy atom. The van der Waals surface area contributed by atoms with Crippen LogP contribution in [0.25, 0.3) is 11.1 Å². The molecule has 2 aromatic carbocycles. The molecule has 0 saturated heterocycles. The van der Waals surface area contributed by atoms with Gasteiger partial charge in [0.05, 0.1) is 0 Å². The van der Waals surface area contributed by atoms with Crippen LogP contribution in [0.5, 0.6) is 11.5 Å². The number of nitrogens with two attached hydrogens (primary N) is 1. The van der Waals surface area contributed by atoms with E-state index in [9.17, 15) is 5.11 Å². The fourth-order valence-electron chi connectivity index (χ4n) is 4.39. The van der Waals surface area contributed by atoms with Gasteiger partial charge < -0.3 is 20.3 Å². The van der Waals surface area contributed by atoms with Crippen LogP contribution < -0.4 is 10.5 Å². The Hall–Kier alpha value is -3.89. The molecule has 7 nitrogen and oxygen atoms in total. The van der Waals surface area contributed by atoms with Gasteiger partial charge in [-0.1, -0.05) is 17.9 Å². The van der Waals surface area contributed by atoms with Gasteiger partial charge in [0, 0.05) is 34.6 Å². The fraction of sp³-hybridized carbons (Fsp3) is 0.240. The quantitative estimate of drug-likeness (QED) is 0.582. The Kier molecular flexibility index (Phi) is 4.01. The molecule has 1 fully saturated rings. The first-order valence-corrected chi connectivity index (χ1v) is 10.5. The SMILES string of the molecule is NC1=NC2(CO1)c1cc(C#CC3(O)CCC3)ccc1Oc1ccc(-c3cncnc3)cc12. The summed E-state index contributed by atoms with van der Waals surface area (Å²) in [6, 6.07) is 11.8. The fourth-order valence-corrected chi connectivity index (χ4v) is 4.39. The van der Waals surface area contributed by atoms with Crippen LogP contribution >= 0.6 is 0 Å². The van der Waals surface area contributed by atoms with Crippen molar-refractivity contribution in [1.82, 2.24) is 9.97 Å². The van der Waals surface area contributed by atoms with E-state index in [1.807, 2.05) is 36.4 Å². The first kappa shape index (κ1) is 18.8. The summed E-state index contributed by atoms with van der Waals surface area (Å²) in [5, 5.41) is 10.4. The van der Waals surface area contributed by atoms with Gasteiger partial charge in [0.2, 0.25) is 0 Å². The van der Waals surface area contributed by atoms with E-state index >= 15 is 0 Å². The zero-order valence-corrected chi connectivity index (χ0v) is 17.2. The lowest BCUT2D eigenvalue weighted by atomic mass is 9.79. The van der Waals surface area contributed by atoms with Crippen LogP contribution in [0.4, 0.5) is 0 Å². The van der Waals surface area contributed by atoms with Crippen molar-refractivity contribution in [2.75, 3.05) is 6.61 Å². The maximum Gasteiger partial charge on any atom is 0.283 e. The van der Waals surface area contributed by atoms with Crippen LogP contribution in [0, 0.1) is 11.8 Å². The number of fused-ring (bicyclic) bond motifs is 4. The van der Waals surface area contributed by atoms with Crippen LogP contribution in [0.2, 0.25) is 0 Å². The molecular formula is C25H20N4O3. The summed E-state index contributed by atoms with van der Waals surface area (Å²) in [6.45, 7) is 0.262. The molecule has 1 aromatic heterocycles. The third kappa shape index (κ3) is 2.92. The molecule has 1 atom stereocenters. The van der Waals surface area contributed by atoms with Crippen molar-refractivity contribution in [3.63, 3.8) is 0 Å². The largest absolute Gasteiger partial charge is 0.462 e. The van der Waals surface area contributed by atoms with Crippen LogP contribution in [0.15, 0.2) is 60.1 Å². The smallest absolute Gasteiger partial charge is 0.283 e. The molecular weight excluding hydrogens is 404 g/mol. The minimum absolute atomic E-state index is 0.137. The number of aliphatic hydroxyl groups is 1. The molecule has 2 aliphatic heterocycles. The first-order valence-electron chi connectivity index (χ1n) is 10.5. The second-order valence-corrected chi connectivity index (χ2v) is 8.39. The molecule has 3 N–H and O–H groups in total. The lowest BCUT2D eigenvalue weighted by molar-refractivity contribution is 0.0240. The summed E-state index contributed by atoms with van der Waals surface area (Å²) in [4.78, 5) is 13.0. The summed E-state index contributed by atoms with van der Waals surface area (Å²) in [5.74, 6) is 7.52. The maximum atomic E-state index is 10.4. The van der Waals surface area contributed by atoms with Gasteiger partial charge in [0.15, 0.2) is 5.54 Å². The Morgan fingerprint density at radius 1 is 0.969 bits per heavy atom. The zero-order valence-electron chi connectivity index (χ0n) is 17.2. The van der Waals surface area contributed by atoms with Crippen molar-refractivity contribution >= 4 is 6.02 Å². The van der Waals surface area contributed by atoms with Crippen molar-refractivity contribution in [3.05, 3.63) is 71.8 Å². The summed E-state index contributed by atoms with van der Waals surface area (Å²) >= 11 is 0. The summed E-state index contributed by atoms with van der Waals surface area (Å²) in [6.07, 6.45) is 7.46. The Bertz CT molecular complexity index is 1320. The highest BCUT2D eigenvalue weighted by Crippen LogP contribution is 2.51. The summed E-state index contributed by atoms with van der Waals surface area (Å²) in [7, 11) is 0. The number of ether oxygens (including phenoxy) is 2. The molecule has 0 amide bonds. The predicted molar refractivity (Wildman–Crippen MR) is 118 cm³/mol. The summed E-state index contributed by atoms with van der Waals surface area (Å²) < 4.78 is 11.9. The molecule has 1 unspecified atom stereocenters. The van der Waals surface area contributed by atoms with Crippen molar-refractivity contribution in [2.45, 2.75) is 30.4 Å². The molecule has 0 radical (unpaired) electrons. The van der Waals surface area contributed by atoms with E-state index in [0.29, 0.717) is 24.3 Å². The molecule has 3 heterocycles. The van der Waals surface area contributed by atoms with E-state index in [-0.39, 0.29) is 12.6 Å². The van der Waals surface area contributed by atoms with Crippen LogP contribution in [-0.4, -0.2) is 33.3 Å². The number of amidine groups is 1. The third-order valence-corrected chi connectivity index (χ3v) is 6.31. The van der Waals surface area contributed by atoms with Gasteiger partial charge in [-0.3, -0.25) is 0 Å². The minimum Gasteiger partial charge on any atom is -0.462 e. The Labute approximate surface area is 185 Å². The third-order valence-electron chi connectivity index (χ3n) is 6.31. The predicted octanol–water partition coefficient (Wildman–Crippen LogP) is 3.10. The lowest BCUT2D eigenvalue weighted by Crippen LogP contribution is -2.34. The Balaban J connectivity index is 1.49. The average molecular weight is 424 g/mol. The van der Waals surface area contributed by atoms with Gasteiger partial charge >= 0.3 is 0 Å². The molecule has 3 aromatic rings. The van der Waals surface area contributed by atoms with Crippen molar-refractivity contribution in [1.29, 1.82) is 0 Å². The van der Waals surface area contributed by atoms with Crippen LogP contribution in [-0.2, 0) is 10.3 Å². The second-order valence-electron chi connectivity index (χ2n) is 8.39. The standard InChI is InChI=1S/C25H20N4O3/c26-23-29-25(14-31-23)19-10-16(6-9-24(30)7-1-8-24)2-4-21(19)32-22-5-3-17(11-20(22)25)18-12-27-15-28-13-18/h2-5,10-13,15,30H,1,7-8,14H2,(H2,26,29). The van der Waals surface area contributed by atoms with Gasteiger partial charge in [0.25, 0.3) is 6.02 Å². The maximum absolute atomic E-state index is 10.4. The number of hydrogen-bond acceptors (Lipinski definition) is 7. The normalized spacial score (nSPS) is 21.7.